The zero-order valence-corrected chi connectivity index (χ0v) is 20.2. The zero-order valence-electron chi connectivity index (χ0n) is 17.7. The number of nitrogens with zero attached hydrogens (tertiary/aromatic N) is 3. The predicted molar refractivity (Wildman–Crippen MR) is 118 cm³/mol. The Labute approximate surface area is 198 Å². The van der Waals surface area contributed by atoms with Gasteiger partial charge in [-0.2, -0.15) is 4.98 Å². The number of aromatic nitrogens is 3. The molecule has 5 atom stereocenters. The fourth-order valence-corrected chi connectivity index (χ4v) is 5.80. The van der Waals surface area contributed by atoms with Gasteiger partial charge in [-0.15, -0.1) is 0 Å². The normalized spacial score (nSPS) is 27.9. The Hall–Kier alpha value is -1.15. The second-order valence-electron chi connectivity index (χ2n) is 8.16. The molecule has 34 heavy (non-hydrogen) atoms. The first-order valence-electron chi connectivity index (χ1n) is 10.4. The Balaban J connectivity index is 1.49. The van der Waals surface area contributed by atoms with E-state index in [0.717, 1.165) is 25.7 Å². The smallest absolute Gasteiger partial charge is 0.387 e. The van der Waals surface area contributed by atoms with Crippen molar-refractivity contribution in [1.29, 1.82) is 0 Å². The SMILES string of the molecule is O=P(O)(O)COP(=O)(O)OC[C@H]1O[C@@H](n2ccc3c(NC4CCCC4)nc(Cl)nc32)[C@H](O)[C@@H]1O. The summed E-state index contributed by atoms with van der Waals surface area (Å²) in [5.41, 5.74) is 0.344. The summed E-state index contributed by atoms with van der Waals surface area (Å²) < 4.78 is 38.7. The highest BCUT2D eigenvalue weighted by Crippen LogP contribution is 2.49. The van der Waals surface area contributed by atoms with E-state index in [9.17, 15) is 24.2 Å². The van der Waals surface area contributed by atoms with Gasteiger partial charge in [-0.05, 0) is 30.5 Å². The highest BCUT2D eigenvalue weighted by molar-refractivity contribution is 7.53. The fourth-order valence-electron chi connectivity index (χ4n) is 4.04. The lowest BCUT2D eigenvalue weighted by Gasteiger charge is -2.18. The van der Waals surface area contributed by atoms with Crippen LogP contribution in [-0.4, -0.2) is 76.7 Å². The molecule has 1 unspecified atom stereocenters. The average Bonchev–Trinajstić information content (AvgIpc) is 3.46. The van der Waals surface area contributed by atoms with Crippen LogP contribution in [-0.2, 0) is 22.9 Å². The summed E-state index contributed by atoms with van der Waals surface area (Å²) in [4.78, 5) is 35.6. The van der Waals surface area contributed by atoms with Crippen molar-refractivity contribution in [3.63, 3.8) is 0 Å². The van der Waals surface area contributed by atoms with Gasteiger partial charge in [-0.1, -0.05) is 12.8 Å². The maximum atomic E-state index is 11.8. The van der Waals surface area contributed by atoms with Crippen LogP contribution < -0.4 is 5.32 Å². The zero-order chi connectivity index (χ0) is 24.7. The van der Waals surface area contributed by atoms with Gasteiger partial charge in [0.2, 0.25) is 5.28 Å². The minimum Gasteiger partial charge on any atom is -0.387 e. The van der Waals surface area contributed by atoms with Gasteiger partial charge in [0, 0.05) is 12.2 Å². The molecule has 0 amide bonds. The molecule has 17 heteroatoms. The van der Waals surface area contributed by atoms with Gasteiger partial charge < -0.3 is 39.5 Å². The molecule has 2 aromatic heterocycles. The van der Waals surface area contributed by atoms with Gasteiger partial charge in [-0.25, -0.2) is 9.55 Å². The van der Waals surface area contributed by atoms with E-state index in [1.54, 1.807) is 12.3 Å². The monoisotopic (exact) mass is 542 g/mol. The molecule has 0 bridgehead atoms. The first-order chi connectivity index (χ1) is 15.9. The summed E-state index contributed by atoms with van der Waals surface area (Å²) in [6.07, 6.45) is -0.859. The third-order valence-electron chi connectivity index (χ3n) is 5.64. The number of halogens is 1. The predicted octanol–water partition coefficient (Wildman–Crippen LogP) is 1.33. The van der Waals surface area contributed by atoms with Gasteiger partial charge in [0.1, 0.15) is 29.8 Å². The van der Waals surface area contributed by atoms with Crippen LogP contribution in [0.25, 0.3) is 11.0 Å². The van der Waals surface area contributed by atoms with Gasteiger partial charge in [0.15, 0.2) is 12.6 Å². The largest absolute Gasteiger partial charge is 0.472 e. The van der Waals surface area contributed by atoms with Crippen molar-refractivity contribution < 1.29 is 47.8 Å². The lowest BCUT2D eigenvalue weighted by atomic mass is 10.1. The van der Waals surface area contributed by atoms with Crippen LogP contribution in [0.4, 0.5) is 5.82 Å². The van der Waals surface area contributed by atoms with Crippen LogP contribution in [0.2, 0.25) is 5.28 Å². The van der Waals surface area contributed by atoms with Crippen molar-refractivity contribution in [2.45, 2.75) is 56.3 Å². The quantitative estimate of drug-likeness (QED) is 0.195. The molecule has 1 aliphatic carbocycles. The van der Waals surface area contributed by atoms with Crippen molar-refractivity contribution in [2.24, 2.45) is 0 Å². The highest BCUT2D eigenvalue weighted by Gasteiger charge is 2.45. The van der Waals surface area contributed by atoms with E-state index in [1.165, 1.54) is 4.57 Å². The number of rotatable bonds is 9. The molecule has 2 aliphatic rings. The number of phosphoric ester groups is 1. The second-order valence-corrected chi connectivity index (χ2v) is 11.5. The summed E-state index contributed by atoms with van der Waals surface area (Å²) in [5, 5.41) is 24.9. The first-order valence-corrected chi connectivity index (χ1v) is 14.1. The fraction of sp³-hybridized carbons (Fsp3) is 0.647. The number of phosphoric acid groups is 1. The minimum absolute atomic E-state index is 0.0238. The topological polar surface area (TPSA) is 206 Å². The molecular weight excluding hydrogens is 518 g/mol. The van der Waals surface area contributed by atoms with Gasteiger partial charge in [0.25, 0.3) is 0 Å². The van der Waals surface area contributed by atoms with Crippen LogP contribution in [0.15, 0.2) is 12.3 Å². The second kappa shape index (κ2) is 10.1. The van der Waals surface area contributed by atoms with Crippen LogP contribution in [0.5, 0.6) is 0 Å². The number of aliphatic hydroxyl groups excluding tert-OH is 2. The molecule has 3 heterocycles. The standard InChI is InChI=1S/C17H25ClN4O10P2/c18-17-20-14(19-9-3-1-2-4-9)10-5-6-22(15(10)21-17)16-13(24)12(23)11(32-16)7-30-34(28,29)31-8-33(25,26)27/h5-6,9,11-13,16,23-24H,1-4,7-8H2,(H,28,29)(H,19,20,21)(H2,25,26,27)/t11-,12-,13-,16-/m1/s1. The Morgan fingerprint density at radius 2 is 1.85 bits per heavy atom. The van der Waals surface area contributed by atoms with E-state index in [-0.39, 0.29) is 11.3 Å². The van der Waals surface area contributed by atoms with Crippen LogP contribution >= 0.6 is 27.0 Å². The lowest BCUT2D eigenvalue weighted by Crippen LogP contribution is -2.33. The van der Waals surface area contributed by atoms with Crippen LogP contribution in [0.3, 0.4) is 0 Å². The van der Waals surface area contributed by atoms with Crippen molar-refractivity contribution in [3.05, 3.63) is 17.5 Å². The van der Waals surface area contributed by atoms with Crippen molar-refractivity contribution in [2.75, 3.05) is 18.3 Å². The molecule has 14 nitrogen and oxygen atoms in total. The van der Waals surface area contributed by atoms with E-state index in [2.05, 4.69) is 24.3 Å². The van der Waals surface area contributed by atoms with E-state index >= 15 is 0 Å². The molecule has 190 valence electrons. The number of nitrogens with one attached hydrogen (secondary N) is 1. The molecule has 0 spiro atoms. The summed E-state index contributed by atoms with van der Waals surface area (Å²) in [7, 11) is -9.56. The highest BCUT2D eigenvalue weighted by atomic mass is 35.5. The Morgan fingerprint density at radius 1 is 1.15 bits per heavy atom. The number of aliphatic hydroxyl groups is 2. The van der Waals surface area contributed by atoms with Gasteiger partial charge >= 0.3 is 15.4 Å². The molecule has 0 aromatic carbocycles. The van der Waals surface area contributed by atoms with Crippen molar-refractivity contribution in [3.8, 4) is 0 Å². The van der Waals surface area contributed by atoms with Gasteiger partial charge in [-0.3, -0.25) is 13.6 Å². The molecule has 1 saturated carbocycles. The average molecular weight is 543 g/mol. The Morgan fingerprint density at radius 3 is 2.53 bits per heavy atom. The third kappa shape index (κ3) is 5.97. The molecule has 2 aromatic rings. The Bertz CT molecular complexity index is 1120. The summed E-state index contributed by atoms with van der Waals surface area (Å²) in [6, 6.07) is 1.98. The van der Waals surface area contributed by atoms with E-state index in [4.69, 9.17) is 26.1 Å². The lowest BCUT2D eigenvalue weighted by molar-refractivity contribution is -0.0509. The number of hydrogen-bond donors (Lipinski definition) is 6. The van der Waals surface area contributed by atoms with Crippen molar-refractivity contribution >= 4 is 43.9 Å². The van der Waals surface area contributed by atoms with E-state index in [1.807, 2.05) is 0 Å². The maximum absolute atomic E-state index is 11.8. The van der Waals surface area contributed by atoms with Gasteiger partial charge in [0.05, 0.1) is 12.0 Å². The summed E-state index contributed by atoms with van der Waals surface area (Å²) >= 11 is 6.12. The van der Waals surface area contributed by atoms with Crippen molar-refractivity contribution in [1.82, 2.24) is 14.5 Å². The number of hydrogen-bond acceptors (Lipinski definition) is 10. The first kappa shape index (κ1) is 25.9. The molecular formula is C17H25ClN4O10P2. The third-order valence-corrected chi connectivity index (χ3v) is 7.41. The maximum Gasteiger partial charge on any atom is 0.472 e. The van der Waals surface area contributed by atoms with Crippen LogP contribution in [0, 0.1) is 0 Å². The Kier molecular flexibility index (Phi) is 7.68. The molecule has 2 fully saturated rings. The number of ether oxygens (including phenoxy) is 1. The molecule has 1 aliphatic heterocycles. The van der Waals surface area contributed by atoms with Crippen LogP contribution in [0.1, 0.15) is 31.9 Å². The molecule has 0 radical (unpaired) electrons. The molecule has 6 N–H and O–H groups in total. The van der Waals surface area contributed by atoms with E-state index < -0.39 is 52.9 Å². The summed E-state index contributed by atoms with van der Waals surface area (Å²) in [5.74, 6) is 0.539. The minimum atomic E-state index is -4.85. The number of fused-ring (bicyclic) bond motifs is 1. The van der Waals surface area contributed by atoms with E-state index in [0.29, 0.717) is 16.9 Å². The molecule has 4 rings (SSSR count). The molecule has 1 saturated heterocycles. The number of anilines is 1. The summed E-state index contributed by atoms with van der Waals surface area (Å²) in [6.45, 7) is -0.701.